The molecule has 0 bridgehead atoms. The molecule has 0 aliphatic carbocycles. The Hall–Kier alpha value is -2.34. The smallest absolute Gasteiger partial charge is 0.298 e. The van der Waals surface area contributed by atoms with E-state index in [1.807, 2.05) is 42.2 Å². The molecule has 0 saturated carbocycles. The quantitative estimate of drug-likeness (QED) is 0.739. The normalized spacial score (nSPS) is 16.5. The molecule has 0 spiro atoms. The van der Waals surface area contributed by atoms with Crippen molar-refractivity contribution in [2.75, 3.05) is 31.1 Å². The lowest BCUT2D eigenvalue weighted by atomic mass is 10.3. The summed E-state index contributed by atoms with van der Waals surface area (Å²) >= 11 is 0. The molecule has 6 heteroatoms. The van der Waals surface area contributed by atoms with E-state index in [0.717, 1.165) is 49.8 Å². The number of hydrogen-bond acceptors (Lipinski definition) is 5. The number of aryl methyl sites for hydroxylation is 1. The molecule has 3 heterocycles. The van der Waals surface area contributed by atoms with Crippen molar-refractivity contribution in [2.45, 2.75) is 6.54 Å². The molecule has 0 radical (unpaired) electrons. The van der Waals surface area contributed by atoms with Crippen LogP contribution in [0.4, 0.5) is 6.01 Å². The first-order valence-corrected chi connectivity index (χ1v) is 7.59. The van der Waals surface area contributed by atoms with Crippen molar-refractivity contribution in [2.24, 2.45) is 7.05 Å². The summed E-state index contributed by atoms with van der Waals surface area (Å²) in [7, 11) is 1.99. The molecule has 1 fully saturated rings. The topological polar surface area (TPSA) is 50.3 Å². The summed E-state index contributed by atoms with van der Waals surface area (Å²) in [5, 5.41) is 4.22. The van der Waals surface area contributed by atoms with Gasteiger partial charge in [-0.3, -0.25) is 9.58 Å². The molecule has 0 amide bonds. The lowest BCUT2D eigenvalue weighted by Gasteiger charge is -2.33. The SMILES string of the molecule is Cn1nccc1CN1CCN(c2nc3ccccc3o2)CC1. The molecule has 0 atom stereocenters. The van der Waals surface area contributed by atoms with Crippen LogP contribution in [0.2, 0.25) is 0 Å². The van der Waals surface area contributed by atoms with Gasteiger partial charge in [0.05, 0.1) is 5.69 Å². The molecule has 0 N–H and O–H groups in total. The number of piperazine rings is 1. The summed E-state index contributed by atoms with van der Waals surface area (Å²) in [6.07, 6.45) is 1.85. The van der Waals surface area contributed by atoms with Crippen LogP contribution >= 0.6 is 0 Å². The van der Waals surface area contributed by atoms with Gasteiger partial charge in [-0.15, -0.1) is 0 Å². The van der Waals surface area contributed by atoms with Crippen molar-refractivity contribution in [1.82, 2.24) is 19.7 Å². The van der Waals surface area contributed by atoms with E-state index >= 15 is 0 Å². The van der Waals surface area contributed by atoms with Crippen molar-refractivity contribution in [3.63, 3.8) is 0 Å². The molecule has 4 rings (SSSR count). The summed E-state index contributed by atoms with van der Waals surface area (Å²) in [5.74, 6) is 0. The first kappa shape index (κ1) is 13.3. The molecule has 3 aromatic rings. The Kier molecular flexibility index (Phi) is 3.31. The van der Waals surface area contributed by atoms with Crippen molar-refractivity contribution in [3.8, 4) is 0 Å². The maximum atomic E-state index is 5.85. The third-order valence-electron chi connectivity index (χ3n) is 4.23. The van der Waals surface area contributed by atoms with Gasteiger partial charge in [0.25, 0.3) is 6.01 Å². The van der Waals surface area contributed by atoms with Gasteiger partial charge >= 0.3 is 0 Å². The standard InChI is InChI=1S/C16H19N5O/c1-19-13(6-7-17-19)12-20-8-10-21(11-9-20)16-18-14-4-2-3-5-15(14)22-16/h2-7H,8-12H2,1H3. The van der Waals surface area contributed by atoms with E-state index in [1.165, 1.54) is 5.69 Å². The Morgan fingerprint density at radius 2 is 1.91 bits per heavy atom. The summed E-state index contributed by atoms with van der Waals surface area (Å²) in [6.45, 7) is 4.82. The third kappa shape index (κ3) is 2.46. The van der Waals surface area contributed by atoms with Gasteiger partial charge in [0.2, 0.25) is 0 Å². The number of anilines is 1. The highest BCUT2D eigenvalue weighted by molar-refractivity contribution is 5.74. The Balaban J connectivity index is 1.42. The molecule has 22 heavy (non-hydrogen) atoms. The van der Waals surface area contributed by atoms with Gasteiger partial charge in [0.15, 0.2) is 5.58 Å². The second-order valence-electron chi connectivity index (χ2n) is 5.67. The van der Waals surface area contributed by atoms with Crippen LogP contribution in [-0.4, -0.2) is 45.8 Å². The van der Waals surface area contributed by atoms with Crippen LogP contribution < -0.4 is 4.90 Å². The monoisotopic (exact) mass is 297 g/mol. The molecule has 1 aliphatic heterocycles. The minimum absolute atomic E-state index is 0.737. The number of nitrogens with zero attached hydrogens (tertiary/aromatic N) is 5. The summed E-state index contributed by atoms with van der Waals surface area (Å²) in [5.41, 5.74) is 3.03. The van der Waals surface area contributed by atoms with E-state index in [2.05, 4.69) is 25.9 Å². The number of fused-ring (bicyclic) bond motifs is 1. The summed E-state index contributed by atoms with van der Waals surface area (Å²) in [6, 6.07) is 10.7. The van der Waals surface area contributed by atoms with Crippen LogP contribution in [0.25, 0.3) is 11.1 Å². The lowest BCUT2D eigenvalue weighted by Crippen LogP contribution is -2.46. The molecule has 1 saturated heterocycles. The van der Waals surface area contributed by atoms with Crippen LogP contribution in [0.15, 0.2) is 40.9 Å². The van der Waals surface area contributed by atoms with E-state index in [-0.39, 0.29) is 0 Å². The number of oxazole rings is 1. The van der Waals surface area contributed by atoms with Gasteiger partial charge < -0.3 is 9.32 Å². The van der Waals surface area contributed by atoms with E-state index in [9.17, 15) is 0 Å². The van der Waals surface area contributed by atoms with Gasteiger partial charge in [-0.1, -0.05) is 12.1 Å². The Bertz CT molecular complexity index is 737. The van der Waals surface area contributed by atoms with Crippen LogP contribution in [-0.2, 0) is 13.6 Å². The largest absolute Gasteiger partial charge is 0.423 e. The predicted molar refractivity (Wildman–Crippen MR) is 84.7 cm³/mol. The van der Waals surface area contributed by atoms with Gasteiger partial charge in [0, 0.05) is 46.0 Å². The minimum atomic E-state index is 0.737. The Labute approximate surface area is 128 Å². The highest BCUT2D eigenvalue weighted by Gasteiger charge is 2.21. The molecule has 1 aliphatic rings. The molecule has 114 valence electrons. The number of rotatable bonds is 3. The fraction of sp³-hybridized carbons (Fsp3) is 0.375. The summed E-state index contributed by atoms with van der Waals surface area (Å²) in [4.78, 5) is 9.24. The first-order valence-electron chi connectivity index (χ1n) is 7.59. The highest BCUT2D eigenvalue weighted by Crippen LogP contribution is 2.22. The maximum absolute atomic E-state index is 5.85. The van der Waals surface area contributed by atoms with Gasteiger partial charge in [-0.2, -0.15) is 10.1 Å². The van der Waals surface area contributed by atoms with Crippen LogP contribution in [0, 0.1) is 0 Å². The average Bonchev–Trinajstić information content (AvgIpc) is 3.15. The molecular formula is C16H19N5O. The number of aromatic nitrogens is 3. The van der Waals surface area contributed by atoms with Gasteiger partial charge in [0.1, 0.15) is 5.52 Å². The summed E-state index contributed by atoms with van der Waals surface area (Å²) < 4.78 is 7.79. The van der Waals surface area contributed by atoms with Crippen molar-refractivity contribution in [1.29, 1.82) is 0 Å². The average molecular weight is 297 g/mol. The van der Waals surface area contributed by atoms with Crippen LogP contribution in [0.5, 0.6) is 0 Å². The molecule has 6 nitrogen and oxygen atoms in total. The zero-order valence-electron chi connectivity index (χ0n) is 12.6. The molecular weight excluding hydrogens is 278 g/mol. The van der Waals surface area contributed by atoms with Crippen molar-refractivity contribution in [3.05, 3.63) is 42.2 Å². The second-order valence-corrected chi connectivity index (χ2v) is 5.67. The first-order chi connectivity index (χ1) is 10.8. The number of para-hydroxylation sites is 2. The zero-order chi connectivity index (χ0) is 14.9. The van der Waals surface area contributed by atoms with Crippen LogP contribution in [0.3, 0.4) is 0 Å². The van der Waals surface area contributed by atoms with Gasteiger partial charge in [-0.05, 0) is 18.2 Å². The zero-order valence-corrected chi connectivity index (χ0v) is 12.6. The maximum Gasteiger partial charge on any atom is 0.298 e. The third-order valence-corrected chi connectivity index (χ3v) is 4.23. The van der Waals surface area contributed by atoms with Crippen molar-refractivity contribution >= 4 is 17.1 Å². The Morgan fingerprint density at radius 1 is 1.09 bits per heavy atom. The van der Waals surface area contributed by atoms with E-state index < -0.39 is 0 Å². The molecule has 1 aromatic carbocycles. The van der Waals surface area contributed by atoms with E-state index in [4.69, 9.17) is 4.42 Å². The van der Waals surface area contributed by atoms with Gasteiger partial charge in [-0.25, -0.2) is 0 Å². The lowest BCUT2D eigenvalue weighted by molar-refractivity contribution is 0.240. The highest BCUT2D eigenvalue weighted by atomic mass is 16.4. The van der Waals surface area contributed by atoms with Crippen LogP contribution in [0.1, 0.15) is 5.69 Å². The van der Waals surface area contributed by atoms with E-state index in [1.54, 1.807) is 0 Å². The number of hydrogen-bond donors (Lipinski definition) is 0. The molecule has 0 unspecified atom stereocenters. The Morgan fingerprint density at radius 3 is 2.64 bits per heavy atom. The molecule has 2 aromatic heterocycles. The minimum Gasteiger partial charge on any atom is -0.423 e. The van der Waals surface area contributed by atoms with Crippen molar-refractivity contribution < 1.29 is 4.42 Å². The number of benzene rings is 1. The van der Waals surface area contributed by atoms with E-state index in [0.29, 0.717) is 0 Å². The second kappa shape index (κ2) is 5.46. The fourth-order valence-corrected chi connectivity index (χ4v) is 2.88. The fourth-order valence-electron chi connectivity index (χ4n) is 2.88. The predicted octanol–water partition coefficient (Wildman–Crippen LogP) is 1.88.